The first kappa shape index (κ1) is 20.8. The van der Waals surface area contributed by atoms with Gasteiger partial charge in [0, 0.05) is 12.7 Å². The lowest BCUT2D eigenvalue weighted by molar-refractivity contribution is -0.603. The molecule has 1 aliphatic rings. The molecule has 4 aromatic rings. The Morgan fingerprint density at radius 1 is 0.967 bits per heavy atom. The van der Waals surface area contributed by atoms with E-state index in [0.29, 0.717) is 6.54 Å². The molecule has 5 rings (SSSR count). The van der Waals surface area contributed by atoms with Gasteiger partial charge in [0.1, 0.15) is 11.8 Å². The monoisotopic (exact) mass is 531 g/mol. The fourth-order valence-electron chi connectivity index (χ4n) is 3.42. The molecule has 3 aromatic carbocycles. The smallest absolute Gasteiger partial charge is 0.366 e. The van der Waals surface area contributed by atoms with Crippen LogP contribution in [-0.2, 0) is 11.3 Å². The minimum atomic E-state index is -0.372. The third kappa shape index (κ3) is 4.08. The van der Waals surface area contributed by atoms with Crippen LogP contribution in [0, 0.1) is 7.14 Å². The first-order valence-electron chi connectivity index (χ1n) is 9.33. The molecule has 1 aliphatic heterocycles. The van der Waals surface area contributed by atoms with Crippen LogP contribution in [0.4, 0.5) is 0 Å². The van der Waals surface area contributed by atoms with E-state index in [0.717, 1.165) is 22.8 Å². The molecule has 0 saturated carbocycles. The van der Waals surface area contributed by atoms with Crippen LogP contribution >= 0.6 is 0 Å². The largest absolute Gasteiger partial charge is 1.00 e. The van der Waals surface area contributed by atoms with Crippen molar-refractivity contribution in [3.8, 4) is 11.5 Å². The van der Waals surface area contributed by atoms with E-state index in [9.17, 15) is 0 Å². The number of ether oxygens (including phenoxy) is 2. The summed E-state index contributed by atoms with van der Waals surface area (Å²) in [5.74, 6) is 1.89. The Labute approximate surface area is 191 Å². The molecule has 7 heteroatoms. The van der Waals surface area contributed by atoms with E-state index < -0.39 is 0 Å². The van der Waals surface area contributed by atoms with Crippen LogP contribution in [0.2, 0.25) is 0 Å². The third-order valence-electron chi connectivity index (χ3n) is 4.78. The quantitative estimate of drug-likeness (QED) is 0.254. The number of halogens is 2. The summed E-state index contributed by atoms with van der Waals surface area (Å²) in [7, 11) is 1.72. The van der Waals surface area contributed by atoms with Crippen molar-refractivity contribution in [2.45, 2.75) is 12.6 Å². The van der Waals surface area contributed by atoms with Crippen molar-refractivity contribution < 1.29 is 43.1 Å². The van der Waals surface area contributed by atoms with Gasteiger partial charge >= 0.3 is 21.2 Å². The van der Waals surface area contributed by atoms with Gasteiger partial charge in [-0.25, -0.2) is 4.68 Å². The lowest BCUT2D eigenvalue weighted by Gasteiger charge is -2.17. The predicted octanol–water partition coefficient (Wildman–Crippen LogP) is -1.70. The van der Waals surface area contributed by atoms with E-state index in [2.05, 4.69) is 40.6 Å². The zero-order valence-corrected chi connectivity index (χ0v) is 19.1. The van der Waals surface area contributed by atoms with Crippen LogP contribution in [-0.4, -0.2) is 22.1 Å². The van der Waals surface area contributed by atoms with Gasteiger partial charge in [0.2, 0.25) is 7.14 Å². The fraction of sp³-hybridized carbons (Fsp3) is 0.130. The van der Waals surface area contributed by atoms with Crippen molar-refractivity contribution in [3.63, 3.8) is 0 Å². The molecule has 0 bridgehead atoms. The molecule has 0 N–H and O–H groups in total. The van der Waals surface area contributed by atoms with Crippen LogP contribution in [0.25, 0.3) is 0 Å². The Kier molecular flexibility index (Phi) is 6.36. The predicted molar refractivity (Wildman–Crippen MR) is 105 cm³/mol. The highest BCUT2D eigenvalue weighted by molar-refractivity contribution is 5.38. The topological polar surface area (TPSA) is 49.2 Å². The highest BCUT2D eigenvalue weighted by Crippen LogP contribution is 2.31. The standard InChI is InChI=1S/C23H19IN3O2.ClH/c1-28-23(19-15-27(26-25-19)14-16-8-3-2-4-9-16)17-10-7-13-21-22(17)24-18-11-5-6-12-20(18)29-21;/h2-13,15,23H,14H2,1H3;1H/q+1;/p-1/t23-;/m1./s1. The van der Waals surface area contributed by atoms with E-state index in [1.807, 2.05) is 53.3 Å². The molecule has 1 atom stereocenters. The Morgan fingerprint density at radius 2 is 1.73 bits per heavy atom. The minimum Gasteiger partial charge on any atom is -1.00 e. The van der Waals surface area contributed by atoms with E-state index >= 15 is 0 Å². The highest BCUT2D eigenvalue weighted by Gasteiger charge is 2.37. The Morgan fingerprint density at radius 3 is 2.57 bits per heavy atom. The fourth-order valence-corrected chi connectivity index (χ4v) is 6.28. The highest BCUT2D eigenvalue weighted by atomic mass is 127. The van der Waals surface area contributed by atoms with Crippen LogP contribution in [0.15, 0.2) is 79.0 Å². The van der Waals surface area contributed by atoms with E-state index in [1.54, 1.807) is 7.11 Å². The summed E-state index contributed by atoms with van der Waals surface area (Å²) in [5.41, 5.74) is 3.10. The summed E-state index contributed by atoms with van der Waals surface area (Å²) in [6.07, 6.45) is 1.69. The van der Waals surface area contributed by atoms with Crippen molar-refractivity contribution in [3.05, 3.63) is 103 Å². The number of para-hydroxylation sites is 1. The number of hydrogen-bond donors (Lipinski definition) is 0. The van der Waals surface area contributed by atoms with Gasteiger partial charge in [-0.1, -0.05) is 59.8 Å². The van der Waals surface area contributed by atoms with E-state index in [1.165, 1.54) is 12.7 Å². The lowest BCUT2D eigenvalue weighted by atomic mass is 10.1. The van der Waals surface area contributed by atoms with Crippen molar-refractivity contribution >= 4 is 0 Å². The first-order valence-corrected chi connectivity index (χ1v) is 11.5. The molecular formula is C23H19ClIN3O2. The molecule has 152 valence electrons. The Balaban J connectivity index is 0.00000218. The normalized spacial score (nSPS) is 12.8. The molecule has 0 aliphatic carbocycles. The number of fused-ring (bicyclic) bond motifs is 2. The van der Waals surface area contributed by atoms with Crippen LogP contribution in [0.1, 0.15) is 22.9 Å². The van der Waals surface area contributed by atoms with Crippen molar-refractivity contribution in [2.75, 3.05) is 7.11 Å². The van der Waals surface area contributed by atoms with Gasteiger partial charge in [0.15, 0.2) is 11.5 Å². The maximum Gasteiger partial charge on any atom is 0.366 e. The summed E-state index contributed by atoms with van der Waals surface area (Å²) < 4.78 is 16.4. The molecule has 0 spiro atoms. The minimum absolute atomic E-state index is 0. The molecule has 0 saturated heterocycles. The summed E-state index contributed by atoms with van der Waals surface area (Å²) in [6.45, 7) is 0.681. The molecule has 5 nitrogen and oxygen atoms in total. The second kappa shape index (κ2) is 9.16. The second-order valence-corrected chi connectivity index (χ2v) is 9.51. The summed E-state index contributed by atoms with van der Waals surface area (Å²) in [6, 6.07) is 24.7. The molecule has 2 heterocycles. The third-order valence-corrected chi connectivity index (χ3v) is 7.94. The molecule has 0 unspecified atom stereocenters. The molecule has 0 radical (unpaired) electrons. The number of rotatable bonds is 5. The van der Waals surface area contributed by atoms with E-state index in [4.69, 9.17) is 9.47 Å². The number of benzene rings is 3. The average molecular weight is 532 g/mol. The van der Waals surface area contributed by atoms with Crippen LogP contribution < -0.4 is 38.3 Å². The number of hydrogen-bond acceptors (Lipinski definition) is 4. The zero-order valence-electron chi connectivity index (χ0n) is 16.2. The zero-order chi connectivity index (χ0) is 19.6. The van der Waals surface area contributed by atoms with Gasteiger partial charge < -0.3 is 21.9 Å². The van der Waals surface area contributed by atoms with Gasteiger partial charge in [0.25, 0.3) is 0 Å². The number of nitrogens with zero attached hydrogens (tertiary/aromatic N) is 3. The van der Waals surface area contributed by atoms with Crippen LogP contribution in [0.3, 0.4) is 0 Å². The Hall–Kier alpha value is -2.42. The van der Waals surface area contributed by atoms with E-state index in [-0.39, 0.29) is 39.7 Å². The first-order chi connectivity index (χ1) is 14.3. The maximum atomic E-state index is 6.16. The molecule has 0 amide bonds. The number of aromatic nitrogens is 3. The Bertz CT molecular complexity index is 1150. The molecule has 30 heavy (non-hydrogen) atoms. The lowest BCUT2D eigenvalue weighted by Crippen LogP contribution is -3.62. The SMILES string of the molecule is CO[C@@H](c1cn(Cc2ccccc2)nn1)c1cccc2c1[I+]c1ccccc1O2.[Cl-]. The van der Waals surface area contributed by atoms with Gasteiger partial charge in [-0.3, -0.25) is 0 Å². The van der Waals surface area contributed by atoms with Gasteiger partial charge in [-0.2, -0.15) is 0 Å². The van der Waals surface area contributed by atoms with Crippen molar-refractivity contribution in [1.29, 1.82) is 0 Å². The summed E-state index contributed by atoms with van der Waals surface area (Å²) >= 11 is -0.372. The van der Waals surface area contributed by atoms with Gasteiger partial charge in [-0.15, -0.1) is 5.10 Å². The van der Waals surface area contributed by atoms with Gasteiger partial charge in [-0.05, 0) is 23.8 Å². The maximum absolute atomic E-state index is 6.16. The number of methoxy groups -OCH3 is 1. The molecule has 0 fully saturated rings. The summed E-state index contributed by atoms with van der Waals surface area (Å²) in [5, 5.41) is 8.73. The average Bonchev–Trinajstić information content (AvgIpc) is 3.22. The summed E-state index contributed by atoms with van der Waals surface area (Å²) in [4.78, 5) is 0. The van der Waals surface area contributed by atoms with Crippen molar-refractivity contribution in [2.24, 2.45) is 0 Å². The van der Waals surface area contributed by atoms with Crippen LogP contribution in [0.5, 0.6) is 11.5 Å². The molecule has 1 aromatic heterocycles. The van der Waals surface area contributed by atoms with Crippen molar-refractivity contribution in [1.82, 2.24) is 15.0 Å². The molecular weight excluding hydrogens is 513 g/mol. The second-order valence-electron chi connectivity index (χ2n) is 6.73. The van der Waals surface area contributed by atoms with Gasteiger partial charge in [0.05, 0.1) is 12.7 Å².